The molecule has 0 spiro atoms. The van der Waals surface area contributed by atoms with Crippen molar-refractivity contribution >= 4 is 21.6 Å². The summed E-state index contributed by atoms with van der Waals surface area (Å²) < 4.78 is 27.2. The number of alkyl halides is 1. The molecule has 0 amide bonds. The molecule has 0 radical (unpaired) electrons. The SMILES string of the molecule is CN(C)CC1CCCN1S(=O)(=O)c1cccc(CCl)c1. The molecule has 2 rings (SSSR count). The van der Waals surface area contributed by atoms with Crippen LogP contribution in [0.4, 0.5) is 0 Å². The van der Waals surface area contributed by atoms with Gasteiger partial charge in [0.15, 0.2) is 0 Å². The zero-order valence-corrected chi connectivity index (χ0v) is 13.5. The first-order valence-electron chi connectivity index (χ1n) is 6.76. The van der Waals surface area contributed by atoms with Crippen molar-refractivity contribution in [2.24, 2.45) is 0 Å². The minimum Gasteiger partial charge on any atom is -0.308 e. The van der Waals surface area contributed by atoms with E-state index in [0.29, 0.717) is 17.3 Å². The number of benzene rings is 1. The average molecular weight is 317 g/mol. The molecule has 0 bridgehead atoms. The Morgan fingerprint density at radius 3 is 2.80 bits per heavy atom. The molecule has 1 aliphatic rings. The Balaban J connectivity index is 2.28. The lowest BCUT2D eigenvalue weighted by Gasteiger charge is -2.26. The molecule has 20 heavy (non-hydrogen) atoms. The summed E-state index contributed by atoms with van der Waals surface area (Å²) in [6.45, 7) is 1.36. The maximum atomic E-state index is 12.8. The van der Waals surface area contributed by atoms with Gasteiger partial charge in [-0.1, -0.05) is 12.1 Å². The molecule has 112 valence electrons. The van der Waals surface area contributed by atoms with Crippen molar-refractivity contribution in [1.82, 2.24) is 9.21 Å². The van der Waals surface area contributed by atoms with Crippen LogP contribution in [0.3, 0.4) is 0 Å². The number of halogens is 1. The topological polar surface area (TPSA) is 40.6 Å². The second-order valence-electron chi connectivity index (χ2n) is 5.46. The quantitative estimate of drug-likeness (QED) is 0.781. The number of hydrogen-bond donors (Lipinski definition) is 0. The molecule has 1 aromatic rings. The van der Waals surface area contributed by atoms with Gasteiger partial charge in [0.25, 0.3) is 0 Å². The summed E-state index contributed by atoms with van der Waals surface area (Å²) in [5.41, 5.74) is 0.830. The summed E-state index contributed by atoms with van der Waals surface area (Å²) >= 11 is 5.79. The van der Waals surface area contributed by atoms with Crippen molar-refractivity contribution in [3.8, 4) is 0 Å². The van der Waals surface area contributed by atoms with Gasteiger partial charge in [-0.25, -0.2) is 8.42 Å². The molecule has 1 aliphatic heterocycles. The van der Waals surface area contributed by atoms with Gasteiger partial charge in [-0.05, 0) is 44.6 Å². The Hall–Kier alpha value is -0.620. The molecule has 1 aromatic carbocycles. The molecule has 1 atom stereocenters. The van der Waals surface area contributed by atoms with Crippen molar-refractivity contribution in [3.63, 3.8) is 0 Å². The second-order valence-corrected chi connectivity index (χ2v) is 7.61. The largest absolute Gasteiger partial charge is 0.308 e. The highest BCUT2D eigenvalue weighted by molar-refractivity contribution is 7.89. The summed E-state index contributed by atoms with van der Waals surface area (Å²) in [4.78, 5) is 2.38. The fraction of sp³-hybridized carbons (Fsp3) is 0.571. The van der Waals surface area contributed by atoms with E-state index in [9.17, 15) is 8.42 Å². The third-order valence-corrected chi connectivity index (χ3v) is 5.81. The van der Waals surface area contributed by atoms with Crippen molar-refractivity contribution < 1.29 is 8.42 Å². The number of hydrogen-bond acceptors (Lipinski definition) is 3. The highest BCUT2D eigenvalue weighted by atomic mass is 35.5. The Morgan fingerprint density at radius 2 is 2.15 bits per heavy atom. The lowest BCUT2D eigenvalue weighted by atomic mass is 10.2. The zero-order chi connectivity index (χ0) is 14.8. The molecule has 1 unspecified atom stereocenters. The van der Waals surface area contributed by atoms with Crippen LogP contribution in [-0.2, 0) is 15.9 Å². The Kier molecular flexibility index (Phi) is 5.07. The van der Waals surface area contributed by atoms with Crippen LogP contribution in [0.25, 0.3) is 0 Å². The highest BCUT2D eigenvalue weighted by Crippen LogP contribution is 2.27. The van der Waals surface area contributed by atoms with E-state index in [1.165, 1.54) is 0 Å². The predicted octanol–water partition coefficient (Wildman–Crippen LogP) is 2.14. The van der Waals surface area contributed by atoms with Crippen LogP contribution in [-0.4, -0.2) is 50.8 Å². The zero-order valence-electron chi connectivity index (χ0n) is 11.9. The highest BCUT2D eigenvalue weighted by Gasteiger charge is 2.35. The first-order valence-corrected chi connectivity index (χ1v) is 8.74. The fourth-order valence-electron chi connectivity index (χ4n) is 2.65. The molecule has 4 nitrogen and oxygen atoms in total. The van der Waals surface area contributed by atoms with Gasteiger partial charge in [-0.3, -0.25) is 0 Å². The van der Waals surface area contributed by atoms with Crippen molar-refractivity contribution in [2.75, 3.05) is 27.2 Å². The van der Waals surface area contributed by atoms with E-state index in [4.69, 9.17) is 11.6 Å². The Labute approximate surface area is 126 Å². The lowest BCUT2D eigenvalue weighted by Crippen LogP contribution is -2.41. The van der Waals surface area contributed by atoms with Gasteiger partial charge in [-0.2, -0.15) is 4.31 Å². The Bertz CT molecular complexity index is 560. The summed E-state index contributed by atoms with van der Waals surface area (Å²) in [5.74, 6) is 0.324. The van der Waals surface area contributed by atoms with Gasteiger partial charge in [0.05, 0.1) is 4.90 Å². The van der Waals surface area contributed by atoms with E-state index >= 15 is 0 Å². The van der Waals surface area contributed by atoms with E-state index in [2.05, 4.69) is 0 Å². The van der Waals surface area contributed by atoms with Crippen LogP contribution in [0.15, 0.2) is 29.2 Å². The number of rotatable bonds is 5. The minimum atomic E-state index is -3.42. The maximum absolute atomic E-state index is 12.8. The van der Waals surface area contributed by atoms with E-state index in [-0.39, 0.29) is 6.04 Å². The van der Waals surface area contributed by atoms with Gasteiger partial charge in [0, 0.05) is 25.0 Å². The average Bonchev–Trinajstić information content (AvgIpc) is 2.86. The molecule has 1 saturated heterocycles. The summed E-state index contributed by atoms with van der Waals surface area (Å²) in [6.07, 6.45) is 1.85. The van der Waals surface area contributed by atoms with Crippen molar-refractivity contribution in [3.05, 3.63) is 29.8 Å². The van der Waals surface area contributed by atoms with Gasteiger partial charge in [-0.15, -0.1) is 11.6 Å². The summed E-state index contributed by atoms with van der Waals surface area (Å²) in [7, 11) is 0.521. The van der Waals surface area contributed by atoms with Gasteiger partial charge in [0.1, 0.15) is 0 Å². The first-order chi connectivity index (χ1) is 9.45. The fourth-order valence-corrected chi connectivity index (χ4v) is 4.58. The first kappa shape index (κ1) is 15.8. The van der Waals surface area contributed by atoms with Crippen molar-refractivity contribution in [2.45, 2.75) is 29.7 Å². The monoisotopic (exact) mass is 316 g/mol. The molecule has 0 aromatic heterocycles. The van der Waals surface area contributed by atoms with Crippen LogP contribution in [0, 0.1) is 0 Å². The van der Waals surface area contributed by atoms with Crippen molar-refractivity contribution in [1.29, 1.82) is 0 Å². The van der Waals surface area contributed by atoms with E-state index in [1.807, 2.05) is 25.1 Å². The van der Waals surface area contributed by atoms with Crippen LogP contribution < -0.4 is 0 Å². The smallest absolute Gasteiger partial charge is 0.243 e. The van der Waals surface area contributed by atoms with Gasteiger partial charge >= 0.3 is 0 Å². The standard InChI is InChI=1S/C14H21ClN2O2S/c1-16(2)11-13-6-4-8-17(13)20(18,19)14-7-3-5-12(9-14)10-15/h3,5,7,9,13H,4,6,8,10-11H2,1-2H3. The summed E-state index contributed by atoms with van der Waals surface area (Å²) in [5, 5.41) is 0. The number of likely N-dealkylation sites (N-methyl/N-ethyl adjacent to an activating group) is 1. The minimum absolute atomic E-state index is 0.0645. The third-order valence-electron chi connectivity index (χ3n) is 3.56. The molecular weight excluding hydrogens is 296 g/mol. The van der Waals surface area contributed by atoms with Crippen LogP contribution in [0.5, 0.6) is 0 Å². The van der Waals surface area contributed by atoms with Crippen LogP contribution in [0.1, 0.15) is 18.4 Å². The molecule has 1 fully saturated rings. The number of nitrogens with zero attached hydrogens (tertiary/aromatic N) is 2. The molecule has 0 N–H and O–H groups in total. The second kappa shape index (κ2) is 6.43. The van der Waals surface area contributed by atoms with E-state index < -0.39 is 10.0 Å². The molecule has 0 aliphatic carbocycles. The summed E-state index contributed by atoms with van der Waals surface area (Å²) in [6, 6.07) is 6.98. The molecule has 1 heterocycles. The Morgan fingerprint density at radius 1 is 1.40 bits per heavy atom. The molecular formula is C14H21ClN2O2S. The van der Waals surface area contributed by atoms with Crippen LogP contribution >= 0.6 is 11.6 Å². The van der Waals surface area contributed by atoms with Gasteiger partial charge < -0.3 is 4.90 Å². The maximum Gasteiger partial charge on any atom is 0.243 e. The third kappa shape index (κ3) is 3.34. The number of sulfonamides is 1. The van der Waals surface area contributed by atoms with Gasteiger partial charge in [0.2, 0.25) is 10.0 Å². The predicted molar refractivity (Wildman–Crippen MR) is 81.5 cm³/mol. The lowest BCUT2D eigenvalue weighted by molar-refractivity contribution is 0.291. The van der Waals surface area contributed by atoms with E-state index in [1.54, 1.807) is 22.5 Å². The molecule has 6 heteroatoms. The molecule has 0 saturated carbocycles. The van der Waals surface area contributed by atoms with Crippen LogP contribution in [0.2, 0.25) is 0 Å². The van der Waals surface area contributed by atoms with E-state index in [0.717, 1.165) is 24.9 Å². The normalized spacial score (nSPS) is 20.7.